The normalized spacial score (nSPS) is 15.5. The van der Waals surface area contributed by atoms with Gasteiger partial charge in [-0.1, -0.05) is 42.6 Å². The van der Waals surface area contributed by atoms with Gasteiger partial charge in [0.05, 0.1) is 17.1 Å². The molecule has 1 heterocycles. The van der Waals surface area contributed by atoms with Gasteiger partial charge in [0.25, 0.3) is 5.91 Å². The van der Waals surface area contributed by atoms with E-state index in [4.69, 9.17) is 4.74 Å². The molecule has 0 radical (unpaired) electrons. The highest BCUT2D eigenvalue weighted by molar-refractivity contribution is 9.10. The van der Waals surface area contributed by atoms with Crippen molar-refractivity contribution in [1.82, 2.24) is 4.31 Å². The molecule has 0 aromatic heterocycles. The summed E-state index contributed by atoms with van der Waals surface area (Å²) in [5.41, 5.74) is 0.936. The van der Waals surface area contributed by atoms with E-state index in [1.54, 1.807) is 40.7 Å². The second kappa shape index (κ2) is 10.6. The number of hydrogen-bond donors (Lipinski definition) is 1. The molecule has 0 aliphatic carbocycles. The third-order valence-electron chi connectivity index (χ3n) is 5.07. The van der Waals surface area contributed by atoms with Crippen LogP contribution < -0.4 is 10.1 Å². The summed E-state index contributed by atoms with van der Waals surface area (Å²) in [4.78, 5) is 13.1. The fraction of sp³-hybridized carbons (Fsp3) is 0.435. The van der Waals surface area contributed by atoms with Crippen molar-refractivity contribution in [1.29, 1.82) is 0 Å². The monoisotopic (exact) mass is 508 g/mol. The minimum atomic E-state index is -3.52. The molecule has 0 atom stereocenters. The predicted molar refractivity (Wildman–Crippen MR) is 126 cm³/mol. The van der Waals surface area contributed by atoms with Crippen LogP contribution in [0.1, 0.15) is 49.9 Å². The van der Waals surface area contributed by atoms with Gasteiger partial charge in [-0.3, -0.25) is 4.79 Å². The Bertz CT molecular complexity index is 999. The third-order valence-corrected chi connectivity index (χ3v) is 7.48. The van der Waals surface area contributed by atoms with Crippen LogP contribution in [0.5, 0.6) is 5.75 Å². The molecule has 1 amide bonds. The number of hydrogen-bond acceptors (Lipinski definition) is 4. The Labute approximate surface area is 193 Å². The molecule has 0 unspecified atom stereocenters. The highest BCUT2D eigenvalue weighted by Gasteiger charge is 2.25. The van der Waals surface area contributed by atoms with Gasteiger partial charge in [0.2, 0.25) is 10.0 Å². The fourth-order valence-electron chi connectivity index (χ4n) is 3.40. The SMILES string of the molecule is CC(C)COc1ccc(Br)cc1C(=O)Nc1ccc(S(=O)(=O)N2CCCCCC2)cc1. The summed E-state index contributed by atoms with van der Waals surface area (Å²) >= 11 is 3.40. The van der Waals surface area contributed by atoms with Crippen molar-refractivity contribution >= 4 is 37.5 Å². The minimum absolute atomic E-state index is 0.246. The molecule has 2 aromatic carbocycles. The predicted octanol–water partition coefficient (Wildman–Crippen LogP) is 5.30. The maximum Gasteiger partial charge on any atom is 0.259 e. The molecule has 8 heteroatoms. The lowest BCUT2D eigenvalue weighted by atomic mass is 10.1. The van der Waals surface area contributed by atoms with Gasteiger partial charge < -0.3 is 10.1 Å². The van der Waals surface area contributed by atoms with Crippen LogP contribution >= 0.6 is 15.9 Å². The van der Waals surface area contributed by atoms with E-state index in [1.807, 2.05) is 19.9 Å². The Kier molecular flexibility index (Phi) is 8.13. The van der Waals surface area contributed by atoms with E-state index in [0.29, 0.717) is 42.6 Å². The van der Waals surface area contributed by atoms with Crippen LogP contribution in [-0.4, -0.2) is 38.3 Å². The van der Waals surface area contributed by atoms with Crippen LogP contribution in [0.4, 0.5) is 5.69 Å². The topological polar surface area (TPSA) is 75.7 Å². The van der Waals surface area contributed by atoms with Crippen molar-refractivity contribution in [2.45, 2.75) is 44.4 Å². The van der Waals surface area contributed by atoms with Crippen LogP contribution in [0.15, 0.2) is 51.8 Å². The standard InChI is InChI=1S/C23H29BrN2O4S/c1-17(2)16-30-22-12-7-18(24)15-21(22)23(27)25-19-8-10-20(11-9-19)31(28,29)26-13-5-3-4-6-14-26/h7-12,15,17H,3-6,13-14,16H2,1-2H3,(H,25,27). The van der Waals surface area contributed by atoms with Crippen LogP contribution in [0, 0.1) is 5.92 Å². The highest BCUT2D eigenvalue weighted by atomic mass is 79.9. The molecule has 1 aliphatic heterocycles. The van der Waals surface area contributed by atoms with Gasteiger partial charge >= 0.3 is 0 Å². The first-order chi connectivity index (χ1) is 14.8. The van der Waals surface area contributed by atoms with E-state index in [0.717, 1.165) is 30.2 Å². The molecular weight excluding hydrogens is 480 g/mol. The first kappa shape index (κ1) is 23.8. The van der Waals surface area contributed by atoms with Gasteiger partial charge in [0, 0.05) is 23.2 Å². The van der Waals surface area contributed by atoms with E-state index in [-0.39, 0.29) is 10.8 Å². The maximum absolute atomic E-state index is 12.9. The van der Waals surface area contributed by atoms with Gasteiger partial charge in [-0.15, -0.1) is 0 Å². The molecule has 0 spiro atoms. The second-order valence-corrected chi connectivity index (χ2v) is 11.0. The molecule has 2 aromatic rings. The number of nitrogens with zero attached hydrogens (tertiary/aromatic N) is 1. The third kappa shape index (κ3) is 6.30. The first-order valence-electron chi connectivity index (χ1n) is 10.6. The number of nitrogens with one attached hydrogen (secondary N) is 1. The van der Waals surface area contributed by atoms with E-state index in [1.165, 1.54) is 0 Å². The van der Waals surface area contributed by atoms with Crippen LogP contribution in [0.25, 0.3) is 0 Å². The summed E-state index contributed by atoms with van der Waals surface area (Å²) in [5.74, 6) is 0.524. The molecule has 0 saturated carbocycles. The number of rotatable bonds is 7. The molecule has 31 heavy (non-hydrogen) atoms. The fourth-order valence-corrected chi connectivity index (χ4v) is 5.28. The lowest BCUT2D eigenvalue weighted by molar-refractivity contribution is 0.102. The van der Waals surface area contributed by atoms with Crippen LogP contribution in [-0.2, 0) is 10.0 Å². The Morgan fingerprint density at radius 1 is 1.06 bits per heavy atom. The molecule has 168 valence electrons. The Balaban J connectivity index is 1.74. The van der Waals surface area contributed by atoms with Crippen LogP contribution in [0.2, 0.25) is 0 Å². The van der Waals surface area contributed by atoms with E-state index >= 15 is 0 Å². The van der Waals surface area contributed by atoms with Gasteiger partial charge in [0.15, 0.2) is 0 Å². The van der Waals surface area contributed by atoms with Gasteiger partial charge in [-0.05, 0) is 61.2 Å². The average molecular weight is 509 g/mol. The largest absolute Gasteiger partial charge is 0.492 e. The van der Waals surface area contributed by atoms with Crippen molar-refractivity contribution in [3.05, 3.63) is 52.5 Å². The Hall–Kier alpha value is -1.90. The number of ether oxygens (including phenoxy) is 1. The summed E-state index contributed by atoms with van der Waals surface area (Å²) in [7, 11) is -3.52. The number of anilines is 1. The molecule has 6 nitrogen and oxygen atoms in total. The quantitative estimate of drug-likeness (QED) is 0.550. The van der Waals surface area contributed by atoms with E-state index < -0.39 is 10.0 Å². The van der Waals surface area contributed by atoms with Crippen molar-refractivity contribution < 1.29 is 17.9 Å². The van der Waals surface area contributed by atoms with Crippen LogP contribution in [0.3, 0.4) is 0 Å². The summed E-state index contributed by atoms with van der Waals surface area (Å²) in [5, 5.41) is 2.83. The lowest BCUT2D eigenvalue weighted by Crippen LogP contribution is -2.31. The van der Waals surface area contributed by atoms with Crippen molar-refractivity contribution in [2.75, 3.05) is 25.0 Å². The number of halogens is 1. The Morgan fingerprint density at radius 3 is 2.32 bits per heavy atom. The van der Waals surface area contributed by atoms with E-state index in [9.17, 15) is 13.2 Å². The summed E-state index contributed by atoms with van der Waals surface area (Å²) in [6, 6.07) is 11.6. The maximum atomic E-state index is 12.9. The molecule has 1 fully saturated rings. The lowest BCUT2D eigenvalue weighted by Gasteiger charge is -2.20. The Morgan fingerprint density at radius 2 is 1.71 bits per heavy atom. The summed E-state index contributed by atoms with van der Waals surface area (Å²) in [6.07, 6.45) is 3.91. The number of carbonyl (C=O) groups is 1. The first-order valence-corrected chi connectivity index (χ1v) is 12.8. The van der Waals surface area contributed by atoms with Crippen molar-refractivity contribution in [2.24, 2.45) is 5.92 Å². The number of benzene rings is 2. The van der Waals surface area contributed by atoms with Gasteiger partial charge in [-0.2, -0.15) is 4.31 Å². The highest BCUT2D eigenvalue weighted by Crippen LogP contribution is 2.26. The number of sulfonamides is 1. The molecule has 1 aliphatic rings. The van der Waals surface area contributed by atoms with E-state index in [2.05, 4.69) is 21.2 Å². The second-order valence-electron chi connectivity index (χ2n) is 8.14. The number of carbonyl (C=O) groups excluding carboxylic acids is 1. The molecule has 0 bridgehead atoms. The zero-order valence-electron chi connectivity index (χ0n) is 17.9. The minimum Gasteiger partial charge on any atom is -0.492 e. The number of amides is 1. The smallest absolute Gasteiger partial charge is 0.259 e. The van der Waals surface area contributed by atoms with Crippen molar-refractivity contribution in [3.8, 4) is 5.75 Å². The molecular formula is C23H29BrN2O4S. The zero-order valence-corrected chi connectivity index (χ0v) is 20.3. The molecule has 3 rings (SSSR count). The van der Waals surface area contributed by atoms with Gasteiger partial charge in [-0.25, -0.2) is 8.42 Å². The molecule has 1 saturated heterocycles. The zero-order chi connectivity index (χ0) is 22.4. The molecule has 1 N–H and O–H groups in total. The summed E-state index contributed by atoms with van der Waals surface area (Å²) in [6.45, 7) is 5.70. The summed E-state index contributed by atoms with van der Waals surface area (Å²) < 4.78 is 34.0. The average Bonchev–Trinajstić information content (AvgIpc) is 3.03. The van der Waals surface area contributed by atoms with Gasteiger partial charge in [0.1, 0.15) is 5.75 Å². The van der Waals surface area contributed by atoms with Crippen molar-refractivity contribution in [3.63, 3.8) is 0 Å².